The van der Waals surface area contributed by atoms with Crippen LogP contribution in [0.25, 0.3) is 6.08 Å². The van der Waals surface area contributed by atoms with Gasteiger partial charge in [-0.2, -0.15) is 0 Å². The lowest BCUT2D eigenvalue weighted by atomic mass is 10.1. The van der Waals surface area contributed by atoms with Gasteiger partial charge in [0.05, 0.1) is 13.7 Å². The zero-order valence-corrected chi connectivity index (χ0v) is 17.9. The lowest BCUT2D eigenvalue weighted by Gasteiger charge is -2.34. The van der Waals surface area contributed by atoms with Crippen molar-refractivity contribution in [2.45, 2.75) is 6.92 Å². The number of benzene rings is 2. The lowest BCUT2D eigenvalue weighted by Crippen LogP contribution is -2.50. The minimum absolute atomic E-state index is 0.0456. The van der Waals surface area contributed by atoms with Crippen molar-refractivity contribution in [2.75, 3.05) is 39.9 Å². The van der Waals surface area contributed by atoms with E-state index in [4.69, 9.17) is 21.1 Å². The topological polar surface area (TPSA) is 59.1 Å². The molecule has 30 heavy (non-hydrogen) atoms. The smallest absolute Gasteiger partial charge is 0.253 e. The average molecular weight is 429 g/mol. The summed E-state index contributed by atoms with van der Waals surface area (Å²) < 4.78 is 10.8. The summed E-state index contributed by atoms with van der Waals surface area (Å²) in [6.07, 6.45) is 3.30. The Hall–Kier alpha value is -2.99. The molecular weight excluding hydrogens is 404 g/mol. The number of amides is 2. The minimum atomic E-state index is -0.0820. The van der Waals surface area contributed by atoms with Crippen LogP contribution in [0, 0.1) is 0 Å². The molecule has 0 aromatic heterocycles. The van der Waals surface area contributed by atoms with E-state index in [1.807, 2.05) is 25.1 Å². The van der Waals surface area contributed by atoms with Crippen LogP contribution in [0.5, 0.6) is 11.5 Å². The quantitative estimate of drug-likeness (QED) is 0.657. The molecule has 0 bridgehead atoms. The van der Waals surface area contributed by atoms with Gasteiger partial charge in [0.15, 0.2) is 11.5 Å². The van der Waals surface area contributed by atoms with Crippen LogP contribution in [-0.4, -0.2) is 61.5 Å². The van der Waals surface area contributed by atoms with E-state index in [2.05, 4.69) is 0 Å². The number of rotatable bonds is 6. The van der Waals surface area contributed by atoms with Gasteiger partial charge in [0, 0.05) is 42.8 Å². The van der Waals surface area contributed by atoms with Gasteiger partial charge in [0.1, 0.15) is 0 Å². The molecule has 158 valence electrons. The molecule has 1 saturated heterocycles. The molecule has 2 aromatic carbocycles. The van der Waals surface area contributed by atoms with Crippen molar-refractivity contribution < 1.29 is 19.1 Å². The van der Waals surface area contributed by atoms with Gasteiger partial charge in [-0.25, -0.2) is 0 Å². The van der Waals surface area contributed by atoms with E-state index in [1.54, 1.807) is 53.3 Å². The number of carbonyl (C=O) groups is 2. The Balaban J connectivity index is 1.56. The van der Waals surface area contributed by atoms with Crippen molar-refractivity contribution in [2.24, 2.45) is 0 Å². The second-order valence-corrected chi connectivity index (χ2v) is 7.24. The van der Waals surface area contributed by atoms with Gasteiger partial charge in [-0.3, -0.25) is 9.59 Å². The van der Waals surface area contributed by atoms with Crippen LogP contribution >= 0.6 is 11.6 Å². The molecule has 0 N–H and O–H groups in total. The molecule has 2 aromatic rings. The number of hydrogen-bond donors (Lipinski definition) is 0. The molecule has 0 saturated carbocycles. The molecule has 0 spiro atoms. The van der Waals surface area contributed by atoms with Gasteiger partial charge in [-0.05, 0) is 55.0 Å². The monoisotopic (exact) mass is 428 g/mol. The summed E-state index contributed by atoms with van der Waals surface area (Å²) in [5.41, 5.74) is 1.45. The Morgan fingerprint density at radius 3 is 2.30 bits per heavy atom. The SMILES string of the molecule is CCOc1ccc(/C=C/C(=O)N2CCN(C(=O)c3ccc(Cl)cc3)CC2)cc1OC. The first kappa shape index (κ1) is 21.7. The predicted octanol–water partition coefficient (Wildman–Crippen LogP) is 3.75. The molecule has 2 amide bonds. The Morgan fingerprint density at radius 1 is 1.00 bits per heavy atom. The molecule has 1 aliphatic heterocycles. The van der Waals surface area contributed by atoms with Crippen LogP contribution in [0.15, 0.2) is 48.5 Å². The molecule has 6 nitrogen and oxygen atoms in total. The van der Waals surface area contributed by atoms with Crippen molar-refractivity contribution in [1.82, 2.24) is 9.80 Å². The maximum atomic E-state index is 12.6. The second-order valence-electron chi connectivity index (χ2n) is 6.80. The molecule has 3 rings (SSSR count). The fourth-order valence-electron chi connectivity index (χ4n) is 3.24. The van der Waals surface area contributed by atoms with Crippen LogP contribution in [0.3, 0.4) is 0 Å². The van der Waals surface area contributed by atoms with Crippen molar-refractivity contribution in [3.05, 3.63) is 64.7 Å². The lowest BCUT2D eigenvalue weighted by molar-refractivity contribution is -0.127. The number of hydrogen-bond acceptors (Lipinski definition) is 4. The van der Waals surface area contributed by atoms with Crippen LogP contribution in [0.4, 0.5) is 0 Å². The van der Waals surface area contributed by atoms with Crippen molar-refractivity contribution in [3.63, 3.8) is 0 Å². The third-order valence-corrected chi connectivity index (χ3v) is 5.13. The van der Waals surface area contributed by atoms with Gasteiger partial charge in [0.2, 0.25) is 5.91 Å². The Bertz CT molecular complexity index is 919. The zero-order valence-electron chi connectivity index (χ0n) is 17.1. The predicted molar refractivity (Wildman–Crippen MR) is 117 cm³/mol. The third kappa shape index (κ3) is 5.33. The average Bonchev–Trinajstić information content (AvgIpc) is 2.78. The van der Waals surface area contributed by atoms with Gasteiger partial charge >= 0.3 is 0 Å². The number of piperazine rings is 1. The first-order valence-electron chi connectivity index (χ1n) is 9.84. The normalized spacial score (nSPS) is 14.1. The molecule has 0 radical (unpaired) electrons. The second kappa shape index (κ2) is 10.2. The third-order valence-electron chi connectivity index (χ3n) is 4.88. The summed E-state index contributed by atoms with van der Waals surface area (Å²) >= 11 is 5.88. The molecule has 1 heterocycles. The molecule has 7 heteroatoms. The van der Waals surface area contributed by atoms with Crippen molar-refractivity contribution in [1.29, 1.82) is 0 Å². The van der Waals surface area contributed by atoms with E-state index in [0.717, 1.165) is 5.56 Å². The highest BCUT2D eigenvalue weighted by atomic mass is 35.5. The van der Waals surface area contributed by atoms with Crippen molar-refractivity contribution in [3.8, 4) is 11.5 Å². The number of halogens is 1. The molecule has 1 fully saturated rings. The van der Waals surface area contributed by atoms with Crippen LogP contribution in [0.1, 0.15) is 22.8 Å². The summed E-state index contributed by atoms with van der Waals surface area (Å²) in [6, 6.07) is 12.4. The first-order valence-corrected chi connectivity index (χ1v) is 10.2. The minimum Gasteiger partial charge on any atom is -0.493 e. The van der Waals surface area contributed by atoms with E-state index in [9.17, 15) is 9.59 Å². The van der Waals surface area contributed by atoms with Gasteiger partial charge in [-0.1, -0.05) is 17.7 Å². The summed E-state index contributed by atoms with van der Waals surface area (Å²) in [5, 5.41) is 0.596. The number of nitrogens with zero attached hydrogens (tertiary/aromatic N) is 2. The number of carbonyl (C=O) groups excluding carboxylic acids is 2. The Labute approximate surface area is 181 Å². The van der Waals surface area contributed by atoms with Gasteiger partial charge in [-0.15, -0.1) is 0 Å². The van der Waals surface area contributed by atoms with E-state index in [0.29, 0.717) is 54.9 Å². The molecular formula is C23H25ClN2O4. The van der Waals surface area contributed by atoms with Gasteiger partial charge in [0.25, 0.3) is 5.91 Å². The number of methoxy groups -OCH3 is 1. The standard InChI is InChI=1S/C23H25ClN2O4/c1-3-30-20-10-4-17(16-21(20)29-2)5-11-22(27)25-12-14-26(15-13-25)23(28)18-6-8-19(24)9-7-18/h4-11,16H,3,12-15H2,1-2H3/b11-5+. The molecule has 0 aliphatic carbocycles. The maximum Gasteiger partial charge on any atom is 0.253 e. The fraction of sp³-hybridized carbons (Fsp3) is 0.304. The van der Waals surface area contributed by atoms with Gasteiger partial charge < -0.3 is 19.3 Å². The number of ether oxygens (including phenoxy) is 2. The summed E-state index contributed by atoms with van der Waals surface area (Å²) in [4.78, 5) is 28.6. The summed E-state index contributed by atoms with van der Waals surface area (Å²) in [7, 11) is 1.58. The van der Waals surface area contributed by atoms with E-state index >= 15 is 0 Å². The largest absolute Gasteiger partial charge is 0.493 e. The van der Waals surface area contributed by atoms with Crippen LogP contribution in [-0.2, 0) is 4.79 Å². The maximum absolute atomic E-state index is 12.6. The van der Waals surface area contributed by atoms with E-state index < -0.39 is 0 Å². The fourth-order valence-corrected chi connectivity index (χ4v) is 3.37. The highest BCUT2D eigenvalue weighted by Crippen LogP contribution is 2.28. The molecule has 0 unspecified atom stereocenters. The van der Waals surface area contributed by atoms with E-state index in [1.165, 1.54) is 0 Å². The summed E-state index contributed by atoms with van der Waals surface area (Å²) in [6.45, 7) is 4.45. The van der Waals surface area contributed by atoms with Crippen LogP contribution in [0.2, 0.25) is 5.02 Å². The Kier molecular flexibility index (Phi) is 7.36. The zero-order chi connectivity index (χ0) is 21.5. The highest BCUT2D eigenvalue weighted by molar-refractivity contribution is 6.30. The highest BCUT2D eigenvalue weighted by Gasteiger charge is 2.23. The van der Waals surface area contributed by atoms with E-state index in [-0.39, 0.29) is 11.8 Å². The first-order chi connectivity index (χ1) is 14.5. The summed E-state index contributed by atoms with van der Waals surface area (Å²) in [5.74, 6) is 1.17. The molecule has 0 atom stereocenters. The molecule has 1 aliphatic rings. The van der Waals surface area contributed by atoms with Crippen LogP contribution < -0.4 is 9.47 Å². The van der Waals surface area contributed by atoms with Crippen molar-refractivity contribution >= 4 is 29.5 Å². The Morgan fingerprint density at radius 2 is 1.67 bits per heavy atom.